The van der Waals surface area contributed by atoms with E-state index < -0.39 is 17.2 Å². The predicted molar refractivity (Wildman–Crippen MR) is 51.7 cm³/mol. The lowest BCUT2D eigenvalue weighted by atomic mass is 9.95. The summed E-state index contributed by atoms with van der Waals surface area (Å²) in [5, 5.41) is 0.112. The molecule has 0 aliphatic heterocycles. The molecule has 1 aliphatic rings. The van der Waals surface area contributed by atoms with Crippen molar-refractivity contribution < 1.29 is 13.2 Å². The molecule has 0 bridgehead atoms. The Morgan fingerprint density at radius 1 is 1.33 bits per heavy atom. The first kappa shape index (κ1) is 10.8. The molecule has 0 radical (unpaired) electrons. The zero-order chi connectivity index (χ0) is 11.3. The zero-order valence-electron chi connectivity index (χ0n) is 7.74. The highest BCUT2D eigenvalue weighted by molar-refractivity contribution is 6.30. The maximum absolute atomic E-state index is 13.2. The average Bonchev–Trinajstić information content (AvgIpc) is 2.68. The number of hydrogen-bond acceptors (Lipinski definition) is 1. The minimum Gasteiger partial charge on any atom is -0.329 e. The molecule has 1 unspecified atom stereocenters. The minimum absolute atomic E-state index is 0.112. The molecule has 5 heteroatoms. The third-order valence-corrected chi connectivity index (χ3v) is 3.08. The van der Waals surface area contributed by atoms with Crippen molar-refractivity contribution in [1.82, 2.24) is 0 Å². The van der Waals surface area contributed by atoms with E-state index in [1.54, 1.807) is 0 Å². The van der Waals surface area contributed by atoms with Crippen molar-refractivity contribution >= 4 is 11.6 Å². The van der Waals surface area contributed by atoms with Crippen molar-refractivity contribution in [1.29, 1.82) is 0 Å². The van der Waals surface area contributed by atoms with E-state index in [2.05, 4.69) is 0 Å². The van der Waals surface area contributed by atoms with Gasteiger partial charge in [-0.15, -0.1) is 0 Å². The molecule has 0 heterocycles. The van der Waals surface area contributed by atoms with Crippen molar-refractivity contribution in [3.05, 3.63) is 34.6 Å². The van der Waals surface area contributed by atoms with Crippen molar-refractivity contribution in [3.63, 3.8) is 0 Å². The summed E-state index contributed by atoms with van der Waals surface area (Å²) in [6, 6.07) is 3.49. The number of nitrogens with two attached hydrogens (primary N) is 1. The first-order valence-electron chi connectivity index (χ1n) is 4.46. The van der Waals surface area contributed by atoms with E-state index in [-0.39, 0.29) is 23.6 Å². The van der Waals surface area contributed by atoms with Gasteiger partial charge in [0.25, 0.3) is 5.92 Å². The molecule has 1 aromatic carbocycles. The summed E-state index contributed by atoms with van der Waals surface area (Å²) < 4.78 is 39.3. The van der Waals surface area contributed by atoms with Gasteiger partial charge in [0.1, 0.15) is 5.82 Å². The number of halogens is 4. The summed E-state index contributed by atoms with van der Waals surface area (Å²) in [4.78, 5) is 0. The third-order valence-electron chi connectivity index (χ3n) is 2.86. The van der Waals surface area contributed by atoms with E-state index in [9.17, 15) is 13.2 Å². The third kappa shape index (κ3) is 1.52. The highest BCUT2D eigenvalue weighted by atomic mass is 35.5. The highest BCUT2D eigenvalue weighted by Gasteiger charge is 2.71. The monoisotopic (exact) mass is 235 g/mol. The van der Waals surface area contributed by atoms with E-state index in [0.717, 1.165) is 12.1 Å². The number of alkyl halides is 2. The van der Waals surface area contributed by atoms with Crippen LogP contribution in [-0.2, 0) is 5.41 Å². The summed E-state index contributed by atoms with van der Waals surface area (Å²) in [5.41, 5.74) is 4.09. The van der Waals surface area contributed by atoms with Gasteiger partial charge in [-0.05, 0) is 23.8 Å². The van der Waals surface area contributed by atoms with Crippen LogP contribution in [0.15, 0.2) is 18.2 Å². The Kier molecular flexibility index (Phi) is 2.24. The fourth-order valence-corrected chi connectivity index (χ4v) is 2.04. The van der Waals surface area contributed by atoms with E-state index in [0.29, 0.717) is 0 Å². The van der Waals surface area contributed by atoms with Crippen molar-refractivity contribution in [2.24, 2.45) is 5.73 Å². The molecule has 1 aromatic rings. The minimum atomic E-state index is -2.85. The van der Waals surface area contributed by atoms with Gasteiger partial charge in [-0.3, -0.25) is 0 Å². The number of rotatable bonds is 2. The van der Waals surface area contributed by atoms with Crippen LogP contribution in [-0.4, -0.2) is 12.5 Å². The van der Waals surface area contributed by atoms with Crippen LogP contribution in [0.5, 0.6) is 0 Å². The summed E-state index contributed by atoms with van der Waals surface area (Å²) in [5.74, 6) is -3.47. The SMILES string of the molecule is NCC1(c2cc(F)cc(Cl)c2)CC1(F)F. The molecule has 2 N–H and O–H groups in total. The summed E-state index contributed by atoms with van der Waals surface area (Å²) in [7, 11) is 0. The fourth-order valence-electron chi connectivity index (χ4n) is 1.82. The summed E-state index contributed by atoms with van der Waals surface area (Å²) >= 11 is 5.61. The molecule has 82 valence electrons. The second kappa shape index (κ2) is 3.12. The molecule has 1 nitrogen and oxygen atoms in total. The van der Waals surface area contributed by atoms with Crippen molar-refractivity contribution in [3.8, 4) is 0 Å². The molecule has 0 saturated heterocycles. The molecule has 1 aliphatic carbocycles. The summed E-state index contributed by atoms with van der Waals surface area (Å²) in [6.45, 7) is -0.209. The molecule has 15 heavy (non-hydrogen) atoms. The van der Waals surface area contributed by atoms with E-state index in [1.165, 1.54) is 6.07 Å². The van der Waals surface area contributed by atoms with Crippen molar-refractivity contribution in [2.45, 2.75) is 17.8 Å². The van der Waals surface area contributed by atoms with Gasteiger partial charge in [-0.25, -0.2) is 13.2 Å². The molecule has 0 amide bonds. The normalized spacial score (nSPS) is 27.8. The Labute approximate surface area is 90.0 Å². The van der Waals surface area contributed by atoms with E-state index in [1.807, 2.05) is 0 Å². The quantitative estimate of drug-likeness (QED) is 0.838. The van der Waals surface area contributed by atoms with Crippen LogP contribution in [0.25, 0.3) is 0 Å². The first-order valence-corrected chi connectivity index (χ1v) is 4.83. The smallest absolute Gasteiger partial charge is 0.260 e. The van der Waals surface area contributed by atoms with Gasteiger partial charge < -0.3 is 5.73 Å². The molecule has 1 atom stereocenters. The van der Waals surface area contributed by atoms with Crippen LogP contribution >= 0.6 is 11.6 Å². The average molecular weight is 236 g/mol. The van der Waals surface area contributed by atoms with Crippen LogP contribution in [0.2, 0.25) is 5.02 Å². The van der Waals surface area contributed by atoms with Gasteiger partial charge in [0.2, 0.25) is 0 Å². The molecule has 1 fully saturated rings. The van der Waals surface area contributed by atoms with Gasteiger partial charge in [-0.1, -0.05) is 11.6 Å². The Morgan fingerprint density at radius 2 is 1.93 bits per heavy atom. The molecule has 0 spiro atoms. The fraction of sp³-hybridized carbons (Fsp3) is 0.400. The highest BCUT2D eigenvalue weighted by Crippen LogP contribution is 2.61. The van der Waals surface area contributed by atoms with Gasteiger partial charge in [0.05, 0.1) is 5.41 Å². The Morgan fingerprint density at radius 3 is 2.33 bits per heavy atom. The Balaban J connectivity index is 2.46. The maximum atomic E-state index is 13.2. The topological polar surface area (TPSA) is 26.0 Å². The van der Waals surface area contributed by atoms with Crippen molar-refractivity contribution in [2.75, 3.05) is 6.54 Å². The second-order valence-electron chi connectivity index (χ2n) is 3.83. The largest absolute Gasteiger partial charge is 0.329 e. The standard InChI is InChI=1S/C10H9ClF3N/c11-7-1-6(2-8(12)3-7)9(5-15)4-10(9,13)14/h1-3H,4-5,15H2. The van der Waals surface area contributed by atoms with Crippen LogP contribution in [0.4, 0.5) is 13.2 Å². The van der Waals surface area contributed by atoms with Gasteiger partial charge in [-0.2, -0.15) is 0 Å². The van der Waals surface area contributed by atoms with Gasteiger partial charge >= 0.3 is 0 Å². The summed E-state index contributed by atoms with van der Waals surface area (Å²) in [6.07, 6.45) is -0.337. The number of hydrogen-bond donors (Lipinski definition) is 1. The van der Waals surface area contributed by atoms with E-state index in [4.69, 9.17) is 17.3 Å². The Hall–Kier alpha value is -0.740. The molecule has 1 saturated carbocycles. The van der Waals surface area contributed by atoms with Crippen LogP contribution in [0.1, 0.15) is 12.0 Å². The molecular weight excluding hydrogens is 227 g/mol. The van der Waals surface area contributed by atoms with Gasteiger partial charge in [0, 0.05) is 18.0 Å². The second-order valence-corrected chi connectivity index (χ2v) is 4.26. The lowest BCUT2D eigenvalue weighted by Crippen LogP contribution is -2.26. The number of benzene rings is 1. The molecule has 0 aromatic heterocycles. The van der Waals surface area contributed by atoms with Gasteiger partial charge in [0.15, 0.2) is 0 Å². The molecule has 2 rings (SSSR count). The Bertz CT molecular complexity index is 387. The van der Waals surface area contributed by atoms with Crippen LogP contribution in [0, 0.1) is 5.82 Å². The molecular formula is C10H9ClF3N. The van der Waals surface area contributed by atoms with E-state index >= 15 is 0 Å². The maximum Gasteiger partial charge on any atom is 0.260 e. The van der Waals surface area contributed by atoms with Crippen LogP contribution in [0.3, 0.4) is 0 Å². The predicted octanol–water partition coefficient (Wildman–Crippen LogP) is 2.71. The lowest BCUT2D eigenvalue weighted by Gasteiger charge is -2.14. The lowest BCUT2D eigenvalue weighted by molar-refractivity contribution is 0.0896. The first-order chi connectivity index (χ1) is 6.91. The zero-order valence-corrected chi connectivity index (χ0v) is 8.49. The van der Waals surface area contributed by atoms with Crippen LogP contribution < -0.4 is 5.73 Å².